The molecule has 0 aliphatic carbocycles. The zero-order chi connectivity index (χ0) is 10.4. The van der Waals surface area contributed by atoms with Crippen molar-refractivity contribution in [3.05, 3.63) is 0 Å². The highest BCUT2D eigenvalue weighted by atomic mass is 32.2. The summed E-state index contributed by atoms with van der Waals surface area (Å²) < 4.78 is 5.29. The van der Waals surface area contributed by atoms with Gasteiger partial charge in [0.05, 0.1) is 12.0 Å². The summed E-state index contributed by atoms with van der Waals surface area (Å²) in [5.41, 5.74) is -0.597. The van der Waals surface area contributed by atoms with Crippen molar-refractivity contribution >= 4 is 17.7 Å². The Bertz CT molecular complexity index is 188. The third kappa shape index (κ3) is 2.89. The number of carbonyl (C=O) groups is 1. The van der Waals surface area contributed by atoms with Gasteiger partial charge in [0.1, 0.15) is 0 Å². The minimum absolute atomic E-state index is 0.395. The average molecular weight is 218 g/mol. The first kappa shape index (κ1) is 11.9. The highest BCUT2D eigenvalue weighted by Crippen LogP contribution is 2.33. The lowest BCUT2D eigenvalue weighted by Crippen LogP contribution is -2.39. The highest BCUT2D eigenvalue weighted by Gasteiger charge is 2.39. The molecule has 0 saturated carbocycles. The number of carboxylic acid groups (broad SMARTS) is 1. The largest absolute Gasteiger partial charge is 0.481 e. The van der Waals surface area contributed by atoms with Crippen molar-refractivity contribution in [3.63, 3.8) is 0 Å². The minimum Gasteiger partial charge on any atom is -0.481 e. The van der Waals surface area contributed by atoms with Gasteiger partial charge in [-0.3, -0.25) is 4.79 Å². The van der Waals surface area contributed by atoms with Crippen molar-refractivity contribution in [2.24, 2.45) is 5.41 Å². The van der Waals surface area contributed by atoms with Crippen molar-refractivity contribution in [1.29, 1.82) is 0 Å². The Labute approximate surface area is 89.2 Å². The van der Waals surface area contributed by atoms with E-state index in [1.807, 2.05) is 0 Å². The summed E-state index contributed by atoms with van der Waals surface area (Å²) in [6.07, 6.45) is 2.39. The molecule has 0 amide bonds. The van der Waals surface area contributed by atoms with Gasteiger partial charge in [0.15, 0.2) is 0 Å². The van der Waals surface area contributed by atoms with Crippen LogP contribution in [-0.2, 0) is 9.53 Å². The molecule has 1 atom stereocenters. The fourth-order valence-electron chi connectivity index (χ4n) is 1.74. The molecule has 82 valence electrons. The van der Waals surface area contributed by atoms with E-state index in [1.165, 1.54) is 0 Å². The standard InChI is InChI=1S/C10H18O3S/c1-2-14-7-5-10(9(11)12)4-3-6-13-8-10/h2-8H2,1H3,(H,11,12). The smallest absolute Gasteiger partial charge is 0.312 e. The molecule has 1 aliphatic rings. The van der Waals surface area contributed by atoms with Crippen LogP contribution in [0, 0.1) is 5.41 Å². The second-order valence-corrected chi connectivity index (χ2v) is 5.08. The summed E-state index contributed by atoms with van der Waals surface area (Å²) in [4.78, 5) is 11.2. The maximum absolute atomic E-state index is 11.2. The van der Waals surface area contributed by atoms with E-state index < -0.39 is 11.4 Å². The Morgan fingerprint density at radius 1 is 1.64 bits per heavy atom. The number of rotatable bonds is 5. The van der Waals surface area contributed by atoms with E-state index in [4.69, 9.17) is 4.74 Å². The lowest BCUT2D eigenvalue weighted by atomic mass is 9.80. The lowest BCUT2D eigenvalue weighted by Gasteiger charge is -2.32. The number of hydrogen-bond donors (Lipinski definition) is 1. The maximum Gasteiger partial charge on any atom is 0.312 e. The zero-order valence-electron chi connectivity index (χ0n) is 8.62. The zero-order valence-corrected chi connectivity index (χ0v) is 9.44. The molecule has 3 nitrogen and oxygen atoms in total. The Morgan fingerprint density at radius 3 is 2.93 bits per heavy atom. The van der Waals surface area contributed by atoms with Crippen LogP contribution in [0.5, 0.6) is 0 Å². The highest BCUT2D eigenvalue weighted by molar-refractivity contribution is 7.99. The van der Waals surface area contributed by atoms with E-state index in [1.54, 1.807) is 11.8 Å². The molecule has 1 unspecified atom stereocenters. The molecule has 0 aromatic heterocycles. The average Bonchev–Trinajstić information content (AvgIpc) is 2.19. The van der Waals surface area contributed by atoms with Crippen LogP contribution in [0.15, 0.2) is 0 Å². The second kappa shape index (κ2) is 5.61. The van der Waals surface area contributed by atoms with Gasteiger partial charge >= 0.3 is 5.97 Å². The summed E-state index contributed by atoms with van der Waals surface area (Å²) in [6, 6.07) is 0. The first-order valence-electron chi connectivity index (χ1n) is 5.10. The van der Waals surface area contributed by atoms with Crippen LogP contribution < -0.4 is 0 Å². The molecular formula is C10H18O3S. The molecule has 0 radical (unpaired) electrons. The minimum atomic E-state index is -0.686. The van der Waals surface area contributed by atoms with E-state index in [0.717, 1.165) is 37.4 Å². The molecule has 0 aromatic rings. The fraction of sp³-hybridized carbons (Fsp3) is 0.900. The number of thioether (sulfide) groups is 1. The molecule has 0 bridgehead atoms. The van der Waals surface area contributed by atoms with Gasteiger partial charge in [0.2, 0.25) is 0 Å². The van der Waals surface area contributed by atoms with Gasteiger partial charge in [-0.15, -0.1) is 0 Å². The third-order valence-corrected chi connectivity index (χ3v) is 3.61. The molecule has 4 heteroatoms. The van der Waals surface area contributed by atoms with Crippen molar-refractivity contribution < 1.29 is 14.6 Å². The first-order valence-corrected chi connectivity index (χ1v) is 6.25. The molecule has 1 saturated heterocycles. The van der Waals surface area contributed by atoms with E-state index in [2.05, 4.69) is 6.92 Å². The van der Waals surface area contributed by atoms with Crippen molar-refractivity contribution in [3.8, 4) is 0 Å². The first-order chi connectivity index (χ1) is 6.71. The summed E-state index contributed by atoms with van der Waals surface area (Å²) >= 11 is 1.80. The van der Waals surface area contributed by atoms with Gasteiger partial charge in [0.25, 0.3) is 0 Å². The van der Waals surface area contributed by atoms with Gasteiger partial charge in [-0.25, -0.2) is 0 Å². The van der Waals surface area contributed by atoms with Crippen LogP contribution in [0.25, 0.3) is 0 Å². The Kier molecular flexibility index (Phi) is 4.75. The number of aliphatic carboxylic acids is 1. The summed E-state index contributed by atoms with van der Waals surface area (Å²) in [7, 11) is 0. The van der Waals surface area contributed by atoms with E-state index in [-0.39, 0.29) is 0 Å². The van der Waals surface area contributed by atoms with Crippen molar-refractivity contribution in [1.82, 2.24) is 0 Å². The topological polar surface area (TPSA) is 46.5 Å². The fourth-order valence-corrected chi connectivity index (χ4v) is 2.56. The lowest BCUT2D eigenvalue weighted by molar-refractivity contribution is -0.157. The van der Waals surface area contributed by atoms with E-state index >= 15 is 0 Å². The van der Waals surface area contributed by atoms with Gasteiger partial charge < -0.3 is 9.84 Å². The van der Waals surface area contributed by atoms with Crippen LogP contribution in [0.2, 0.25) is 0 Å². The number of ether oxygens (including phenoxy) is 1. The molecule has 1 aliphatic heterocycles. The normalized spacial score (nSPS) is 27.5. The van der Waals surface area contributed by atoms with Crippen LogP contribution in [0.1, 0.15) is 26.2 Å². The summed E-state index contributed by atoms with van der Waals surface area (Å²) in [6.45, 7) is 3.21. The van der Waals surface area contributed by atoms with E-state index in [9.17, 15) is 9.90 Å². The number of carboxylic acids is 1. The van der Waals surface area contributed by atoms with Gasteiger partial charge in [-0.1, -0.05) is 6.92 Å². The molecular weight excluding hydrogens is 200 g/mol. The Balaban J connectivity index is 2.47. The molecule has 1 rings (SSSR count). The monoisotopic (exact) mass is 218 g/mol. The molecule has 0 spiro atoms. The summed E-state index contributed by atoms with van der Waals surface area (Å²) in [5.74, 6) is 1.29. The van der Waals surface area contributed by atoms with E-state index in [0.29, 0.717) is 6.61 Å². The quantitative estimate of drug-likeness (QED) is 0.717. The SMILES string of the molecule is CCSCCC1(C(=O)O)CCCOC1. The molecule has 14 heavy (non-hydrogen) atoms. The predicted octanol–water partition coefficient (Wildman–Crippen LogP) is 2.01. The van der Waals surface area contributed by atoms with Gasteiger partial charge in [-0.2, -0.15) is 11.8 Å². The van der Waals surface area contributed by atoms with Crippen LogP contribution in [0.4, 0.5) is 0 Å². The van der Waals surface area contributed by atoms with Crippen molar-refractivity contribution in [2.45, 2.75) is 26.2 Å². The third-order valence-electron chi connectivity index (χ3n) is 2.71. The van der Waals surface area contributed by atoms with Crippen LogP contribution >= 0.6 is 11.8 Å². The van der Waals surface area contributed by atoms with Crippen LogP contribution in [-0.4, -0.2) is 35.8 Å². The van der Waals surface area contributed by atoms with Crippen LogP contribution in [0.3, 0.4) is 0 Å². The van der Waals surface area contributed by atoms with Gasteiger partial charge in [0, 0.05) is 6.61 Å². The molecule has 0 aromatic carbocycles. The summed E-state index contributed by atoms with van der Waals surface area (Å²) in [5, 5.41) is 9.20. The Morgan fingerprint density at radius 2 is 2.43 bits per heavy atom. The van der Waals surface area contributed by atoms with Gasteiger partial charge in [-0.05, 0) is 30.8 Å². The molecule has 1 fully saturated rings. The molecule has 1 heterocycles. The predicted molar refractivity (Wildman–Crippen MR) is 57.7 cm³/mol. The Hall–Kier alpha value is -0.220. The molecule has 1 N–H and O–H groups in total. The maximum atomic E-state index is 11.2. The second-order valence-electron chi connectivity index (χ2n) is 3.69. The number of hydrogen-bond acceptors (Lipinski definition) is 3. The van der Waals surface area contributed by atoms with Crippen molar-refractivity contribution in [2.75, 3.05) is 24.7 Å².